The first-order chi connectivity index (χ1) is 13.0. The van der Waals surface area contributed by atoms with Crippen LogP contribution in [0.4, 0.5) is 5.95 Å². The molecule has 3 rings (SSSR count). The van der Waals surface area contributed by atoms with E-state index in [1.54, 1.807) is 25.6 Å². The van der Waals surface area contributed by atoms with E-state index < -0.39 is 11.9 Å². The first-order valence-corrected chi connectivity index (χ1v) is 9.06. The van der Waals surface area contributed by atoms with Crippen LogP contribution in [0.5, 0.6) is 0 Å². The summed E-state index contributed by atoms with van der Waals surface area (Å²) >= 11 is 0. The van der Waals surface area contributed by atoms with Crippen LogP contribution in [0.2, 0.25) is 0 Å². The number of nitrogens with one attached hydrogen (secondary N) is 2. The maximum Gasteiger partial charge on any atom is 0.339 e. The van der Waals surface area contributed by atoms with Crippen molar-refractivity contribution >= 4 is 17.8 Å². The van der Waals surface area contributed by atoms with Crippen molar-refractivity contribution in [1.82, 2.24) is 25.1 Å². The summed E-state index contributed by atoms with van der Waals surface area (Å²) in [4.78, 5) is 33.2. The molecule has 1 aliphatic heterocycles. The molecule has 0 bridgehead atoms. The third-order valence-electron chi connectivity index (χ3n) is 4.55. The molecule has 0 atom stereocenters. The molecule has 9 nitrogen and oxygen atoms in total. The molecule has 1 fully saturated rings. The molecule has 0 aromatic carbocycles. The van der Waals surface area contributed by atoms with Crippen LogP contribution in [-0.2, 0) is 11.8 Å². The van der Waals surface area contributed by atoms with E-state index in [-0.39, 0.29) is 12.2 Å². The number of piperidine rings is 1. The van der Waals surface area contributed by atoms with Crippen molar-refractivity contribution in [2.75, 3.05) is 25.0 Å². The van der Waals surface area contributed by atoms with Gasteiger partial charge in [0.15, 0.2) is 5.82 Å². The van der Waals surface area contributed by atoms with Crippen LogP contribution in [0.15, 0.2) is 12.3 Å². The van der Waals surface area contributed by atoms with Gasteiger partial charge in [0.1, 0.15) is 0 Å². The van der Waals surface area contributed by atoms with E-state index in [2.05, 4.69) is 25.7 Å². The Bertz CT molecular complexity index is 842. The normalized spacial score (nSPS) is 14.8. The minimum Gasteiger partial charge on any atom is -0.462 e. The number of carbonyl (C=O) groups excluding carboxylic acids is 2. The van der Waals surface area contributed by atoms with Crippen LogP contribution in [-0.4, -0.2) is 51.3 Å². The van der Waals surface area contributed by atoms with Crippen molar-refractivity contribution in [3.8, 4) is 0 Å². The number of ether oxygens (including phenoxy) is 1. The van der Waals surface area contributed by atoms with Crippen molar-refractivity contribution in [2.45, 2.75) is 32.6 Å². The van der Waals surface area contributed by atoms with Gasteiger partial charge >= 0.3 is 5.97 Å². The highest BCUT2D eigenvalue weighted by Crippen LogP contribution is 2.23. The number of rotatable bonds is 5. The number of esters is 1. The van der Waals surface area contributed by atoms with Crippen molar-refractivity contribution in [1.29, 1.82) is 0 Å². The molecular weight excluding hydrogens is 348 g/mol. The fraction of sp³-hybridized carbons (Fsp3) is 0.500. The van der Waals surface area contributed by atoms with Crippen LogP contribution in [0.25, 0.3) is 0 Å². The van der Waals surface area contributed by atoms with Crippen LogP contribution in [0, 0.1) is 6.92 Å². The standard InChI is InChI=1S/C18H24N6O3/c1-4-27-17(26)13-9-14(11(2)20-10-13)16(25)22-18-21-15(23-24(18)3)12-5-7-19-8-6-12/h9-10,12,19H,4-8H2,1-3H3,(H,21,22,23,25). The Morgan fingerprint density at radius 3 is 2.81 bits per heavy atom. The van der Waals surface area contributed by atoms with Gasteiger partial charge in [-0.05, 0) is 45.8 Å². The SMILES string of the molecule is CCOC(=O)c1cnc(C)c(C(=O)Nc2nc(C3CCNCC3)nn2C)c1. The fourth-order valence-corrected chi connectivity index (χ4v) is 3.02. The number of carbonyl (C=O) groups is 2. The Labute approximate surface area is 157 Å². The molecule has 144 valence electrons. The van der Waals surface area contributed by atoms with Crippen molar-refractivity contribution in [3.05, 3.63) is 34.9 Å². The number of aromatic nitrogens is 4. The predicted molar refractivity (Wildman–Crippen MR) is 98.7 cm³/mol. The van der Waals surface area contributed by atoms with E-state index in [0.717, 1.165) is 31.8 Å². The lowest BCUT2D eigenvalue weighted by Crippen LogP contribution is -2.27. The van der Waals surface area contributed by atoms with Gasteiger partial charge in [0.25, 0.3) is 5.91 Å². The average molecular weight is 372 g/mol. The Kier molecular flexibility index (Phi) is 5.80. The zero-order chi connectivity index (χ0) is 19.4. The molecule has 2 N–H and O–H groups in total. The van der Waals surface area contributed by atoms with Gasteiger partial charge in [-0.25, -0.2) is 9.48 Å². The molecule has 27 heavy (non-hydrogen) atoms. The molecular formula is C18H24N6O3. The molecule has 0 saturated carbocycles. The van der Waals surface area contributed by atoms with E-state index in [0.29, 0.717) is 23.1 Å². The van der Waals surface area contributed by atoms with Gasteiger partial charge in [-0.2, -0.15) is 10.1 Å². The third-order valence-corrected chi connectivity index (χ3v) is 4.55. The molecule has 0 spiro atoms. The quantitative estimate of drug-likeness (QED) is 0.764. The highest BCUT2D eigenvalue weighted by atomic mass is 16.5. The van der Waals surface area contributed by atoms with Gasteiger partial charge in [-0.1, -0.05) is 0 Å². The Morgan fingerprint density at radius 2 is 2.11 bits per heavy atom. The second-order valence-electron chi connectivity index (χ2n) is 6.47. The number of aryl methyl sites for hydroxylation is 2. The Hall–Kier alpha value is -2.81. The maximum atomic E-state index is 12.7. The van der Waals surface area contributed by atoms with Crippen molar-refractivity contribution in [2.24, 2.45) is 7.05 Å². The van der Waals surface area contributed by atoms with Gasteiger partial charge < -0.3 is 10.1 Å². The molecule has 1 amide bonds. The summed E-state index contributed by atoms with van der Waals surface area (Å²) in [6, 6.07) is 1.49. The molecule has 9 heteroatoms. The highest BCUT2D eigenvalue weighted by molar-refractivity contribution is 6.05. The number of anilines is 1. The number of nitrogens with zero attached hydrogens (tertiary/aromatic N) is 4. The summed E-state index contributed by atoms with van der Waals surface area (Å²) in [5, 5.41) is 10.5. The zero-order valence-electron chi connectivity index (χ0n) is 15.8. The summed E-state index contributed by atoms with van der Waals surface area (Å²) < 4.78 is 6.53. The monoisotopic (exact) mass is 372 g/mol. The lowest BCUT2D eigenvalue weighted by molar-refractivity contribution is 0.0526. The fourth-order valence-electron chi connectivity index (χ4n) is 3.02. The second kappa shape index (κ2) is 8.26. The number of amides is 1. The smallest absolute Gasteiger partial charge is 0.339 e. The van der Waals surface area contributed by atoms with Crippen LogP contribution in [0.1, 0.15) is 57.9 Å². The molecule has 2 aromatic rings. The largest absolute Gasteiger partial charge is 0.462 e. The number of pyridine rings is 1. The van der Waals surface area contributed by atoms with Gasteiger partial charge in [-0.15, -0.1) is 0 Å². The topological polar surface area (TPSA) is 111 Å². The average Bonchev–Trinajstić information content (AvgIpc) is 3.03. The number of hydrogen-bond acceptors (Lipinski definition) is 7. The van der Waals surface area contributed by atoms with E-state index >= 15 is 0 Å². The molecule has 0 aliphatic carbocycles. The summed E-state index contributed by atoms with van der Waals surface area (Å²) in [7, 11) is 1.74. The molecule has 0 unspecified atom stereocenters. The van der Waals surface area contributed by atoms with E-state index in [9.17, 15) is 9.59 Å². The van der Waals surface area contributed by atoms with Crippen LogP contribution >= 0.6 is 0 Å². The third kappa shape index (κ3) is 4.30. The minimum atomic E-state index is -0.508. The zero-order valence-corrected chi connectivity index (χ0v) is 15.8. The van der Waals surface area contributed by atoms with Gasteiger partial charge in [-0.3, -0.25) is 15.1 Å². The molecule has 0 radical (unpaired) electrons. The maximum absolute atomic E-state index is 12.7. The summed E-state index contributed by atoms with van der Waals surface area (Å²) in [5.74, 6) is 0.502. The van der Waals surface area contributed by atoms with E-state index in [1.165, 1.54) is 12.3 Å². The molecule has 1 saturated heterocycles. The van der Waals surface area contributed by atoms with Gasteiger partial charge in [0.2, 0.25) is 5.95 Å². The first-order valence-electron chi connectivity index (χ1n) is 9.06. The van der Waals surface area contributed by atoms with Crippen molar-refractivity contribution in [3.63, 3.8) is 0 Å². The van der Waals surface area contributed by atoms with E-state index in [4.69, 9.17) is 4.74 Å². The lowest BCUT2D eigenvalue weighted by Gasteiger charge is -2.19. The minimum absolute atomic E-state index is 0.237. The molecule has 3 heterocycles. The second-order valence-corrected chi connectivity index (χ2v) is 6.47. The Morgan fingerprint density at radius 1 is 1.37 bits per heavy atom. The predicted octanol–water partition coefficient (Wildman–Crippen LogP) is 1.41. The van der Waals surface area contributed by atoms with Gasteiger partial charge in [0.05, 0.1) is 23.4 Å². The summed E-state index contributed by atoms with van der Waals surface area (Å²) in [6.07, 6.45) is 3.35. The van der Waals surface area contributed by atoms with Crippen LogP contribution < -0.4 is 10.6 Å². The molecule has 1 aliphatic rings. The summed E-state index contributed by atoms with van der Waals surface area (Å²) in [5.41, 5.74) is 1.05. The van der Waals surface area contributed by atoms with E-state index in [1.807, 2.05) is 0 Å². The Balaban J connectivity index is 1.78. The van der Waals surface area contributed by atoms with Crippen molar-refractivity contribution < 1.29 is 14.3 Å². The molecule has 2 aromatic heterocycles. The summed E-state index contributed by atoms with van der Waals surface area (Å²) in [6.45, 7) is 5.57. The number of hydrogen-bond donors (Lipinski definition) is 2. The first kappa shape index (κ1) is 19.0. The lowest BCUT2D eigenvalue weighted by atomic mass is 9.98. The highest BCUT2D eigenvalue weighted by Gasteiger charge is 2.22. The van der Waals surface area contributed by atoms with Crippen LogP contribution in [0.3, 0.4) is 0 Å². The van der Waals surface area contributed by atoms with Gasteiger partial charge in [0, 0.05) is 19.2 Å².